The van der Waals surface area contributed by atoms with Crippen molar-refractivity contribution in [3.8, 4) is 0 Å². The van der Waals surface area contributed by atoms with Crippen molar-refractivity contribution in [3.05, 3.63) is 75.6 Å². The fourth-order valence-electron chi connectivity index (χ4n) is 4.48. The van der Waals surface area contributed by atoms with E-state index in [1.807, 2.05) is 41.7 Å². The number of nitrogens with zero attached hydrogens (tertiary/aromatic N) is 4. The molecular weight excluding hydrogens is 397 g/mol. The number of halogens is 1. The predicted octanol–water partition coefficient (Wildman–Crippen LogP) is 2.82. The Kier molecular flexibility index (Phi) is 4.83. The van der Waals surface area contributed by atoms with Crippen LogP contribution in [0.1, 0.15) is 29.8 Å². The number of rotatable bonds is 4. The van der Waals surface area contributed by atoms with Crippen LogP contribution in [0.4, 0.5) is 4.39 Å². The number of fused-ring (bicyclic) bond motifs is 3. The highest BCUT2D eigenvalue weighted by atomic mass is 19.1. The van der Waals surface area contributed by atoms with Crippen LogP contribution in [0.25, 0.3) is 16.7 Å². The second-order valence-electron chi connectivity index (χ2n) is 8.19. The molecule has 1 aliphatic rings. The normalized spacial score (nSPS) is 16.2. The molecule has 1 fully saturated rings. The van der Waals surface area contributed by atoms with Crippen molar-refractivity contribution < 1.29 is 9.13 Å². The van der Waals surface area contributed by atoms with Crippen molar-refractivity contribution in [2.24, 2.45) is 7.05 Å². The first kappa shape index (κ1) is 19.8. The van der Waals surface area contributed by atoms with E-state index in [-0.39, 0.29) is 16.9 Å². The van der Waals surface area contributed by atoms with E-state index in [1.165, 1.54) is 16.7 Å². The topological polar surface area (TPSA) is 73.5 Å². The van der Waals surface area contributed by atoms with Crippen LogP contribution in [-0.2, 0) is 23.9 Å². The molecule has 0 amide bonds. The van der Waals surface area contributed by atoms with Gasteiger partial charge in [-0.3, -0.25) is 13.8 Å². The molecule has 3 heterocycles. The summed E-state index contributed by atoms with van der Waals surface area (Å²) < 4.78 is 22.6. The highest BCUT2D eigenvalue weighted by Gasteiger charge is 2.34. The van der Waals surface area contributed by atoms with Crippen LogP contribution in [0.3, 0.4) is 0 Å². The van der Waals surface area contributed by atoms with Crippen molar-refractivity contribution in [2.45, 2.75) is 31.8 Å². The molecule has 1 saturated heterocycles. The molecule has 0 radical (unpaired) electrons. The van der Waals surface area contributed by atoms with E-state index >= 15 is 0 Å². The highest BCUT2D eigenvalue weighted by Crippen LogP contribution is 2.32. The minimum Gasteiger partial charge on any atom is -0.381 e. The minimum absolute atomic E-state index is 0.0923. The molecule has 31 heavy (non-hydrogen) atoms. The maximum atomic E-state index is 13.5. The lowest BCUT2D eigenvalue weighted by Crippen LogP contribution is -2.46. The summed E-state index contributed by atoms with van der Waals surface area (Å²) in [6.45, 7) is 3.67. The second kappa shape index (κ2) is 7.55. The second-order valence-corrected chi connectivity index (χ2v) is 8.19. The number of nitrogens with one attached hydrogen (secondary N) is 1. The molecular formula is C23H24FN5O2. The van der Waals surface area contributed by atoms with Crippen LogP contribution >= 0.6 is 0 Å². The van der Waals surface area contributed by atoms with Crippen molar-refractivity contribution in [3.63, 3.8) is 0 Å². The Hall–Kier alpha value is -3.10. The van der Waals surface area contributed by atoms with E-state index in [2.05, 4.69) is 15.5 Å². The standard InChI is InChI=1S/C23H24FN5O2/c1-15-3-8-19-18(13-15)21(30)28(2)22-27-26-20(29(19)22)14-25-23(9-11-31-12-10-23)16-4-6-17(24)7-5-16/h3-8,13,25H,9-12,14H2,1-2H3. The average Bonchev–Trinajstić information content (AvgIpc) is 3.21. The number of aryl methyl sites for hydroxylation is 2. The summed E-state index contributed by atoms with van der Waals surface area (Å²) >= 11 is 0. The maximum Gasteiger partial charge on any atom is 0.262 e. The predicted molar refractivity (Wildman–Crippen MR) is 115 cm³/mol. The molecule has 2 aromatic carbocycles. The summed E-state index contributed by atoms with van der Waals surface area (Å²) in [6.07, 6.45) is 1.54. The van der Waals surface area contributed by atoms with Crippen LogP contribution in [0.5, 0.6) is 0 Å². The third kappa shape index (κ3) is 3.32. The van der Waals surface area contributed by atoms with E-state index in [9.17, 15) is 9.18 Å². The van der Waals surface area contributed by atoms with Crippen LogP contribution in [0.15, 0.2) is 47.3 Å². The van der Waals surface area contributed by atoms with E-state index < -0.39 is 0 Å². The molecule has 5 rings (SSSR count). The molecule has 1 aliphatic heterocycles. The smallest absolute Gasteiger partial charge is 0.262 e. The van der Waals surface area contributed by atoms with E-state index in [1.54, 1.807) is 7.05 Å². The zero-order valence-electron chi connectivity index (χ0n) is 17.6. The molecule has 4 aromatic rings. The molecule has 0 unspecified atom stereocenters. The first-order chi connectivity index (χ1) is 15.0. The lowest BCUT2D eigenvalue weighted by Gasteiger charge is -2.38. The van der Waals surface area contributed by atoms with Gasteiger partial charge < -0.3 is 10.1 Å². The third-order valence-corrected chi connectivity index (χ3v) is 6.27. The quantitative estimate of drug-likeness (QED) is 0.549. The van der Waals surface area contributed by atoms with Crippen LogP contribution in [-0.4, -0.2) is 32.4 Å². The molecule has 160 valence electrons. The van der Waals surface area contributed by atoms with Crippen molar-refractivity contribution >= 4 is 16.7 Å². The Bertz CT molecular complexity index is 1320. The number of benzene rings is 2. The van der Waals surface area contributed by atoms with Crippen LogP contribution < -0.4 is 10.9 Å². The molecule has 7 nitrogen and oxygen atoms in total. The first-order valence-corrected chi connectivity index (χ1v) is 10.4. The van der Waals surface area contributed by atoms with Gasteiger partial charge in [-0.15, -0.1) is 10.2 Å². The fraction of sp³-hybridized carbons (Fsp3) is 0.348. The third-order valence-electron chi connectivity index (χ3n) is 6.27. The van der Waals surface area contributed by atoms with Gasteiger partial charge in [-0.1, -0.05) is 23.8 Å². The van der Waals surface area contributed by atoms with Crippen LogP contribution in [0.2, 0.25) is 0 Å². The number of aromatic nitrogens is 4. The maximum absolute atomic E-state index is 13.5. The van der Waals surface area contributed by atoms with Gasteiger partial charge in [0.05, 0.1) is 17.4 Å². The van der Waals surface area contributed by atoms with Crippen molar-refractivity contribution in [2.75, 3.05) is 13.2 Å². The monoisotopic (exact) mass is 421 g/mol. The summed E-state index contributed by atoms with van der Waals surface area (Å²) in [5.74, 6) is 0.963. The van der Waals surface area contributed by atoms with Gasteiger partial charge in [-0.25, -0.2) is 4.39 Å². The molecule has 2 aromatic heterocycles. The number of ether oxygens (including phenoxy) is 1. The Morgan fingerprint density at radius 1 is 1.13 bits per heavy atom. The lowest BCUT2D eigenvalue weighted by molar-refractivity contribution is 0.0354. The SMILES string of the molecule is Cc1ccc2c(c1)c(=O)n(C)c1nnc(CNC3(c4ccc(F)cc4)CCOCC3)n21. The minimum atomic E-state index is -0.342. The molecule has 0 saturated carbocycles. The van der Waals surface area contributed by atoms with E-state index in [4.69, 9.17) is 4.74 Å². The number of hydrogen-bond donors (Lipinski definition) is 1. The first-order valence-electron chi connectivity index (χ1n) is 10.4. The van der Waals surface area contributed by atoms with Crippen molar-refractivity contribution in [1.29, 1.82) is 0 Å². The summed E-state index contributed by atoms with van der Waals surface area (Å²) in [5.41, 5.74) is 2.40. The molecule has 8 heteroatoms. The van der Waals surface area contributed by atoms with Crippen LogP contribution in [0, 0.1) is 12.7 Å². The molecule has 0 atom stereocenters. The van der Waals surface area contributed by atoms with Gasteiger partial charge in [0.15, 0.2) is 5.82 Å². The lowest BCUT2D eigenvalue weighted by atomic mass is 9.82. The zero-order chi connectivity index (χ0) is 21.6. The molecule has 1 N–H and O–H groups in total. The van der Waals surface area contributed by atoms with Gasteiger partial charge in [-0.2, -0.15) is 0 Å². The Labute approximate surface area is 178 Å². The Morgan fingerprint density at radius 2 is 1.87 bits per heavy atom. The zero-order valence-corrected chi connectivity index (χ0v) is 17.6. The van der Waals surface area contributed by atoms with Crippen molar-refractivity contribution in [1.82, 2.24) is 24.5 Å². The molecule has 0 aliphatic carbocycles. The fourth-order valence-corrected chi connectivity index (χ4v) is 4.48. The van der Waals surface area contributed by atoms with E-state index in [0.29, 0.717) is 36.7 Å². The molecule has 0 spiro atoms. The Balaban J connectivity index is 1.58. The van der Waals surface area contributed by atoms with Gasteiger partial charge in [0.2, 0.25) is 5.78 Å². The average molecular weight is 421 g/mol. The largest absolute Gasteiger partial charge is 0.381 e. The molecule has 0 bridgehead atoms. The van der Waals surface area contributed by atoms with Gasteiger partial charge in [0, 0.05) is 25.8 Å². The summed E-state index contributed by atoms with van der Waals surface area (Å²) in [4.78, 5) is 12.8. The Morgan fingerprint density at radius 3 is 2.61 bits per heavy atom. The van der Waals surface area contributed by atoms with Gasteiger partial charge in [0.1, 0.15) is 5.82 Å². The van der Waals surface area contributed by atoms with E-state index in [0.717, 1.165) is 29.5 Å². The summed E-state index contributed by atoms with van der Waals surface area (Å²) in [7, 11) is 1.71. The highest BCUT2D eigenvalue weighted by molar-refractivity contribution is 5.81. The van der Waals surface area contributed by atoms with Gasteiger partial charge in [-0.05, 0) is 49.6 Å². The van der Waals surface area contributed by atoms with Gasteiger partial charge >= 0.3 is 0 Å². The summed E-state index contributed by atoms with van der Waals surface area (Å²) in [5, 5.41) is 13.0. The van der Waals surface area contributed by atoms with Gasteiger partial charge in [0.25, 0.3) is 5.56 Å². The summed E-state index contributed by atoms with van der Waals surface area (Å²) in [6, 6.07) is 12.5. The number of hydrogen-bond acceptors (Lipinski definition) is 5.